The summed E-state index contributed by atoms with van der Waals surface area (Å²) in [6.45, 7) is 7.40. The Morgan fingerprint density at radius 2 is 2.33 bits per heavy atom. The molecule has 0 aromatic rings. The maximum absolute atomic E-state index is 5.52. The Hall–Kier alpha value is -0.780. The highest BCUT2D eigenvalue weighted by molar-refractivity contribution is 5.08. The average Bonchev–Trinajstić information content (AvgIpc) is 1.82. The lowest BCUT2D eigenvalue weighted by molar-refractivity contribution is 0.863. The second kappa shape index (κ2) is 4.13. The molecule has 1 nitrogen and oxygen atoms in total. The molecule has 50 valence electrons. The van der Waals surface area contributed by atoms with Crippen LogP contribution in [0.1, 0.15) is 13.8 Å². The van der Waals surface area contributed by atoms with Gasteiger partial charge in [0.15, 0.2) is 0 Å². The monoisotopic (exact) mass is 123 g/mol. The van der Waals surface area contributed by atoms with E-state index < -0.39 is 0 Å². The molecular weight excluding hydrogens is 110 g/mol. The van der Waals surface area contributed by atoms with Crippen molar-refractivity contribution in [2.45, 2.75) is 19.9 Å². The summed E-state index contributed by atoms with van der Waals surface area (Å²) < 4.78 is 0. The first-order valence-electron chi connectivity index (χ1n) is 2.98. The van der Waals surface area contributed by atoms with E-state index in [2.05, 4.69) is 12.3 Å². The van der Waals surface area contributed by atoms with Gasteiger partial charge in [-0.05, 0) is 25.5 Å². The maximum Gasteiger partial charge on any atom is 0.0298 e. The normalized spacial score (nSPS) is 11.4. The lowest BCUT2D eigenvalue weighted by Gasteiger charge is -1.98. The first-order chi connectivity index (χ1) is 4.18. The van der Waals surface area contributed by atoms with Gasteiger partial charge >= 0.3 is 0 Å². The van der Waals surface area contributed by atoms with Crippen LogP contribution in [0.5, 0.6) is 0 Å². The third kappa shape index (κ3) is 3.77. The first kappa shape index (κ1) is 8.22. The van der Waals surface area contributed by atoms with Crippen LogP contribution < -0.4 is 5.73 Å². The lowest BCUT2D eigenvalue weighted by Crippen LogP contribution is -2.15. The predicted molar refractivity (Wildman–Crippen MR) is 41.1 cm³/mol. The highest BCUT2D eigenvalue weighted by Crippen LogP contribution is 1.92. The quantitative estimate of drug-likeness (QED) is 0.438. The smallest absolute Gasteiger partial charge is 0.0298 e. The molecule has 0 aromatic carbocycles. The standard InChI is InChI=1S/C8H13N/c1-4-5-6-7(2)8(3)9/h4-5,8H,1,9H2,2-3H3/t6?,8-/m0/s1. The third-order valence-corrected chi connectivity index (χ3v) is 1.11. The molecule has 0 saturated carbocycles. The largest absolute Gasteiger partial charge is 0.324 e. The lowest BCUT2D eigenvalue weighted by atomic mass is 10.2. The summed E-state index contributed by atoms with van der Waals surface area (Å²) in [5, 5.41) is 0. The Bertz CT molecular complexity index is 148. The third-order valence-electron chi connectivity index (χ3n) is 1.11. The number of rotatable bonds is 2. The van der Waals surface area contributed by atoms with Crippen molar-refractivity contribution in [1.82, 2.24) is 0 Å². The fourth-order valence-corrected chi connectivity index (χ4v) is 0.322. The average molecular weight is 123 g/mol. The Morgan fingerprint density at radius 3 is 2.67 bits per heavy atom. The molecule has 1 atom stereocenters. The van der Waals surface area contributed by atoms with Crippen molar-refractivity contribution in [3.05, 3.63) is 30.0 Å². The van der Waals surface area contributed by atoms with E-state index in [9.17, 15) is 0 Å². The van der Waals surface area contributed by atoms with Gasteiger partial charge in [-0.15, -0.1) is 5.73 Å². The van der Waals surface area contributed by atoms with Crippen molar-refractivity contribution in [3.8, 4) is 0 Å². The summed E-state index contributed by atoms with van der Waals surface area (Å²) in [5.41, 5.74) is 9.55. The van der Waals surface area contributed by atoms with E-state index in [4.69, 9.17) is 5.73 Å². The summed E-state index contributed by atoms with van der Waals surface area (Å²) in [5.74, 6) is 0. The van der Waals surface area contributed by atoms with Gasteiger partial charge in [-0.3, -0.25) is 0 Å². The van der Waals surface area contributed by atoms with Crippen LogP contribution in [0.25, 0.3) is 0 Å². The Balaban J connectivity index is 4.14. The van der Waals surface area contributed by atoms with Crippen LogP contribution >= 0.6 is 0 Å². The van der Waals surface area contributed by atoms with Crippen LogP contribution in [0, 0.1) is 0 Å². The number of hydrogen-bond donors (Lipinski definition) is 1. The molecule has 1 heteroatoms. The van der Waals surface area contributed by atoms with Crippen LogP contribution in [0.3, 0.4) is 0 Å². The Morgan fingerprint density at radius 1 is 1.78 bits per heavy atom. The summed E-state index contributed by atoms with van der Waals surface area (Å²) in [6.07, 6.45) is 3.45. The van der Waals surface area contributed by atoms with Gasteiger partial charge in [0.1, 0.15) is 0 Å². The first-order valence-corrected chi connectivity index (χ1v) is 2.98. The van der Waals surface area contributed by atoms with Gasteiger partial charge in [-0.2, -0.15) is 0 Å². The highest BCUT2D eigenvalue weighted by atomic mass is 14.6. The molecule has 0 aliphatic carbocycles. The molecular formula is C8H13N. The summed E-state index contributed by atoms with van der Waals surface area (Å²) in [6, 6.07) is 0.0983. The van der Waals surface area contributed by atoms with E-state index in [1.54, 1.807) is 12.2 Å². The molecule has 0 spiro atoms. The van der Waals surface area contributed by atoms with E-state index in [1.165, 1.54) is 0 Å². The zero-order valence-electron chi connectivity index (χ0n) is 6.02. The van der Waals surface area contributed by atoms with Crippen molar-refractivity contribution >= 4 is 0 Å². The molecule has 0 unspecified atom stereocenters. The minimum atomic E-state index is 0.0983. The van der Waals surface area contributed by atoms with Crippen LogP contribution in [0.2, 0.25) is 0 Å². The number of allylic oxidation sites excluding steroid dienone is 1. The molecule has 0 aliphatic heterocycles. The van der Waals surface area contributed by atoms with E-state index >= 15 is 0 Å². The van der Waals surface area contributed by atoms with Crippen LogP contribution in [0.4, 0.5) is 0 Å². The molecule has 0 amide bonds. The van der Waals surface area contributed by atoms with E-state index in [1.807, 2.05) is 13.8 Å². The van der Waals surface area contributed by atoms with Crippen LogP contribution in [-0.2, 0) is 0 Å². The molecule has 0 fully saturated rings. The zero-order chi connectivity index (χ0) is 7.28. The maximum atomic E-state index is 5.52. The Kier molecular flexibility index (Phi) is 3.78. The molecule has 0 aromatic heterocycles. The van der Waals surface area contributed by atoms with Gasteiger partial charge in [0, 0.05) is 6.04 Å². The van der Waals surface area contributed by atoms with Crippen molar-refractivity contribution in [1.29, 1.82) is 0 Å². The van der Waals surface area contributed by atoms with Gasteiger partial charge in [0.25, 0.3) is 0 Å². The van der Waals surface area contributed by atoms with Gasteiger partial charge in [0.05, 0.1) is 0 Å². The van der Waals surface area contributed by atoms with E-state index in [0.717, 1.165) is 5.57 Å². The van der Waals surface area contributed by atoms with E-state index in [0.29, 0.717) is 0 Å². The molecule has 0 rings (SSSR count). The van der Waals surface area contributed by atoms with Crippen molar-refractivity contribution < 1.29 is 0 Å². The fraction of sp³-hybridized carbons (Fsp3) is 0.375. The van der Waals surface area contributed by atoms with Crippen molar-refractivity contribution in [3.63, 3.8) is 0 Å². The molecule has 9 heavy (non-hydrogen) atoms. The molecule has 2 N–H and O–H groups in total. The van der Waals surface area contributed by atoms with Crippen LogP contribution in [-0.4, -0.2) is 6.04 Å². The second-order valence-corrected chi connectivity index (χ2v) is 2.02. The van der Waals surface area contributed by atoms with Crippen molar-refractivity contribution in [2.24, 2.45) is 5.73 Å². The predicted octanol–water partition coefficient (Wildman–Crippen LogP) is 1.62. The van der Waals surface area contributed by atoms with Gasteiger partial charge < -0.3 is 5.73 Å². The van der Waals surface area contributed by atoms with Gasteiger partial charge in [-0.25, -0.2) is 0 Å². The highest BCUT2D eigenvalue weighted by Gasteiger charge is 1.91. The molecule has 0 aliphatic rings. The zero-order valence-corrected chi connectivity index (χ0v) is 6.02. The van der Waals surface area contributed by atoms with E-state index in [-0.39, 0.29) is 6.04 Å². The second-order valence-electron chi connectivity index (χ2n) is 2.02. The minimum absolute atomic E-state index is 0.0983. The SMILES string of the molecule is C=CC=C=C(C)[C@H](C)N. The minimum Gasteiger partial charge on any atom is -0.324 e. The number of hydrogen-bond acceptors (Lipinski definition) is 1. The Labute approximate surface area is 56.6 Å². The topological polar surface area (TPSA) is 26.0 Å². The summed E-state index contributed by atoms with van der Waals surface area (Å²) >= 11 is 0. The number of nitrogens with two attached hydrogens (primary N) is 1. The van der Waals surface area contributed by atoms with Gasteiger partial charge in [0.2, 0.25) is 0 Å². The van der Waals surface area contributed by atoms with Crippen molar-refractivity contribution in [2.75, 3.05) is 0 Å². The fourth-order valence-electron chi connectivity index (χ4n) is 0.322. The van der Waals surface area contributed by atoms with Gasteiger partial charge in [-0.1, -0.05) is 12.7 Å². The molecule has 0 bridgehead atoms. The van der Waals surface area contributed by atoms with Crippen LogP contribution in [0.15, 0.2) is 30.0 Å². The summed E-state index contributed by atoms with van der Waals surface area (Å²) in [4.78, 5) is 0. The molecule has 0 radical (unpaired) electrons. The summed E-state index contributed by atoms with van der Waals surface area (Å²) in [7, 11) is 0. The molecule has 0 saturated heterocycles. The molecule has 0 heterocycles.